The Kier molecular flexibility index (Phi) is 6.76. The first-order chi connectivity index (χ1) is 8.59. The van der Waals surface area contributed by atoms with Gasteiger partial charge < -0.3 is 9.47 Å². The number of hydrogen-bond acceptors (Lipinski definition) is 4. The molecule has 0 spiro atoms. The molecule has 1 aliphatic carbocycles. The van der Waals surface area contributed by atoms with Gasteiger partial charge in [0.15, 0.2) is 0 Å². The lowest BCUT2D eigenvalue weighted by Gasteiger charge is -2.28. The summed E-state index contributed by atoms with van der Waals surface area (Å²) < 4.78 is 10.3. The SMILES string of the molecule is CC(=O)OCC1CCCCCCC1COC(C)=O. The second-order valence-corrected chi connectivity index (χ2v) is 5.12. The van der Waals surface area contributed by atoms with Gasteiger partial charge in [-0.25, -0.2) is 0 Å². The van der Waals surface area contributed by atoms with Crippen LogP contribution in [0.5, 0.6) is 0 Å². The smallest absolute Gasteiger partial charge is 0.302 e. The molecule has 1 rings (SSSR count). The standard InChI is InChI=1S/C14H24O4/c1-11(15)17-9-13-7-5-3-4-6-8-14(13)10-18-12(2)16/h13-14H,3-10H2,1-2H3. The average molecular weight is 256 g/mol. The molecule has 4 heteroatoms. The van der Waals surface area contributed by atoms with E-state index in [1.54, 1.807) is 0 Å². The van der Waals surface area contributed by atoms with Gasteiger partial charge in [0.2, 0.25) is 0 Å². The number of rotatable bonds is 4. The van der Waals surface area contributed by atoms with Gasteiger partial charge in [-0.05, 0) is 24.7 Å². The van der Waals surface area contributed by atoms with Crippen molar-refractivity contribution in [2.24, 2.45) is 11.8 Å². The Morgan fingerprint density at radius 1 is 0.833 bits per heavy atom. The van der Waals surface area contributed by atoms with Crippen LogP contribution in [0, 0.1) is 11.8 Å². The molecule has 0 amide bonds. The van der Waals surface area contributed by atoms with Crippen LogP contribution in [0.25, 0.3) is 0 Å². The van der Waals surface area contributed by atoms with Crippen LogP contribution in [0.3, 0.4) is 0 Å². The highest BCUT2D eigenvalue weighted by Gasteiger charge is 2.24. The summed E-state index contributed by atoms with van der Waals surface area (Å²) in [5, 5.41) is 0. The summed E-state index contributed by atoms with van der Waals surface area (Å²) in [4.78, 5) is 21.8. The van der Waals surface area contributed by atoms with Gasteiger partial charge in [0.25, 0.3) is 0 Å². The number of carbonyl (C=O) groups excluding carboxylic acids is 2. The summed E-state index contributed by atoms with van der Waals surface area (Å²) in [5.41, 5.74) is 0. The molecule has 104 valence electrons. The Hall–Kier alpha value is -1.06. The Morgan fingerprint density at radius 2 is 1.22 bits per heavy atom. The second-order valence-electron chi connectivity index (χ2n) is 5.12. The van der Waals surface area contributed by atoms with Gasteiger partial charge in [-0.1, -0.05) is 25.7 Å². The van der Waals surface area contributed by atoms with Gasteiger partial charge in [-0.15, -0.1) is 0 Å². The molecule has 1 fully saturated rings. The summed E-state index contributed by atoms with van der Waals surface area (Å²) in [5.74, 6) is 0.189. The van der Waals surface area contributed by atoms with Crippen molar-refractivity contribution >= 4 is 11.9 Å². The molecular formula is C14H24O4. The Labute approximate surface area is 109 Å². The second kappa shape index (κ2) is 8.11. The molecule has 0 aliphatic heterocycles. The summed E-state index contributed by atoms with van der Waals surface area (Å²) in [7, 11) is 0. The molecule has 0 saturated heterocycles. The van der Waals surface area contributed by atoms with Gasteiger partial charge in [-0.2, -0.15) is 0 Å². The third-order valence-electron chi connectivity index (χ3n) is 3.57. The van der Waals surface area contributed by atoms with Crippen LogP contribution in [0.4, 0.5) is 0 Å². The maximum absolute atomic E-state index is 10.9. The molecule has 1 aliphatic rings. The van der Waals surface area contributed by atoms with Gasteiger partial charge in [-0.3, -0.25) is 9.59 Å². The van der Waals surface area contributed by atoms with E-state index in [2.05, 4.69) is 0 Å². The zero-order chi connectivity index (χ0) is 13.4. The Morgan fingerprint density at radius 3 is 1.56 bits per heavy atom. The average Bonchev–Trinajstić information content (AvgIpc) is 2.26. The van der Waals surface area contributed by atoms with Crippen LogP contribution < -0.4 is 0 Å². The van der Waals surface area contributed by atoms with Crippen LogP contribution in [0.1, 0.15) is 52.4 Å². The summed E-state index contributed by atoms with van der Waals surface area (Å²) >= 11 is 0. The third kappa shape index (κ3) is 6.03. The van der Waals surface area contributed by atoms with E-state index in [1.807, 2.05) is 0 Å². The molecule has 0 N–H and O–H groups in total. The molecule has 2 unspecified atom stereocenters. The van der Waals surface area contributed by atoms with Crippen LogP contribution in [-0.2, 0) is 19.1 Å². The molecule has 0 aromatic heterocycles. The van der Waals surface area contributed by atoms with Crippen LogP contribution >= 0.6 is 0 Å². The minimum absolute atomic E-state index is 0.233. The van der Waals surface area contributed by atoms with E-state index >= 15 is 0 Å². The third-order valence-corrected chi connectivity index (χ3v) is 3.57. The highest BCUT2D eigenvalue weighted by atomic mass is 16.5. The van der Waals surface area contributed by atoms with Crippen LogP contribution in [-0.4, -0.2) is 25.2 Å². The van der Waals surface area contributed by atoms with Crippen LogP contribution in [0.15, 0.2) is 0 Å². The van der Waals surface area contributed by atoms with E-state index in [-0.39, 0.29) is 11.9 Å². The van der Waals surface area contributed by atoms with Crippen molar-refractivity contribution in [3.63, 3.8) is 0 Å². The molecule has 1 saturated carbocycles. The first-order valence-corrected chi connectivity index (χ1v) is 6.86. The lowest BCUT2D eigenvalue weighted by molar-refractivity contribution is -0.147. The van der Waals surface area contributed by atoms with Crippen molar-refractivity contribution in [2.75, 3.05) is 13.2 Å². The molecule has 0 aromatic rings. The molecular weight excluding hydrogens is 232 g/mol. The minimum Gasteiger partial charge on any atom is -0.466 e. The number of ether oxygens (including phenoxy) is 2. The van der Waals surface area contributed by atoms with E-state index in [9.17, 15) is 9.59 Å². The highest BCUT2D eigenvalue weighted by Crippen LogP contribution is 2.28. The van der Waals surface area contributed by atoms with E-state index in [0.717, 1.165) is 12.8 Å². The molecule has 0 radical (unpaired) electrons. The first kappa shape index (κ1) is 15.0. The van der Waals surface area contributed by atoms with Gasteiger partial charge in [0, 0.05) is 13.8 Å². The molecule has 2 atom stereocenters. The maximum atomic E-state index is 10.9. The van der Waals surface area contributed by atoms with Crippen molar-refractivity contribution in [3.05, 3.63) is 0 Å². The number of hydrogen-bond donors (Lipinski definition) is 0. The topological polar surface area (TPSA) is 52.6 Å². The van der Waals surface area contributed by atoms with E-state index in [1.165, 1.54) is 39.5 Å². The summed E-state index contributed by atoms with van der Waals surface area (Å²) in [6, 6.07) is 0. The highest BCUT2D eigenvalue weighted by molar-refractivity contribution is 5.66. The monoisotopic (exact) mass is 256 g/mol. The lowest BCUT2D eigenvalue weighted by atomic mass is 9.82. The molecule has 0 bridgehead atoms. The van der Waals surface area contributed by atoms with Crippen molar-refractivity contribution < 1.29 is 19.1 Å². The maximum Gasteiger partial charge on any atom is 0.302 e. The summed E-state index contributed by atoms with van der Waals surface area (Å²) in [6.45, 7) is 3.79. The van der Waals surface area contributed by atoms with Gasteiger partial charge in [0.1, 0.15) is 0 Å². The fourth-order valence-corrected chi connectivity index (χ4v) is 2.53. The quantitative estimate of drug-likeness (QED) is 0.726. The van der Waals surface area contributed by atoms with E-state index in [4.69, 9.17) is 9.47 Å². The van der Waals surface area contributed by atoms with Gasteiger partial charge >= 0.3 is 11.9 Å². The zero-order valence-corrected chi connectivity index (χ0v) is 11.4. The normalized spacial score (nSPS) is 24.8. The predicted octanol–water partition coefficient (Wildman–Crippen LogP) is 2.70. The van der Waals surface area contributed by atoms with Gasteiger partial charge in [0.05, 0.1) is 13.2 Å². The molecule has 18 heavy (non-hydrogen) atoms. The summed E-state index contributed by atoms with van der Waals surface area (Å²) in [6.07, 6.45) is 6.94. The minimum atomic E-state index is -0.233. The first-order valence-electron chi connectivity index (χ1n) is 6.86. The predicted molar refractivity (Wildman–Crippen MR) is 67.9 cm³/mol. The molecule has 0 heterocycles. The fourth-order valence-electron chi connectivity index (χ4n) is 2.53. The lowest BCUT2D eigenvalue weighted by Crippen LogP contribution is -2.27. The fraction of sp³-hybridized carbons (Fsp3) is 0.857. The van der Waals surface area contributed by atoms with E-state index < -0.39 is 0 Å². The Balaban J connectivity index is 2.50. The number of carbonyl (C=O) groups is 2. The zero-order valence-electron chi connectivity index (χ0n) is 11.4. The Bertz CT molecular complexity index is 247. The number of esters is 2. The van der Waals surface area contributed by atoms with Crippen molar-refractivity contribution in [3.8, 4) is 0 Å². The molecule has 0 aromatic carbocycles. The van der Waals surface area contributed by atoms with Crippen LogP contribution in [0.2, 0.25) is 0 Å². The largest absolute Gasteiger partial charge is 0.466 e. The van der Waals surface area contributed by atoms with Crippen molar-refractivity contribution in [1.29, 1.82) is 0 Å². The van der Waals surface area contributed by atoms with Crippen molar-refractivity contribution in [1.82, 2.24) is 0 Å². The van der Waals surface area contributed by atoms with E-state index in [0.29, 0.717) is 25.0 Å². The van der Waals surface area contributed by atoms with Crippen molar-refractivity contribution in [2.45, 2.75) is 52.4 Å². The molecule has 4 nitrogen and oxygen atoms in total.